The molecule has 2 amide bonds. The number of para-hydroxylation sites is 2. The smallest absolute Gasteiger partial charge is 0.244 e. The molecular weight excluding hydrogens is 585 g/mol. The molecule has 41 heavy (non-hydrogen) atoms. The van der Waals surface area contributed by atoms with Gasteiger partial charge in [0.1, 0.15) is 18.3 Å². The molecule has 0 unspecified atom stereocenters. The molecule has 0 bridgehead atoms. The molecule has 0 aliphatic heterocycles. The van der Waals surface area contributed by atoms with Gasteiger partial charge in [0.25, 0.3) is 0 Å². The van der Waals surface area contributed by atoms with Crippen LogP contribution in [0.25, 0.3) is 0 Å². The van der Waals surface area contributed by atoms with Crippen LogP contribution in [0.5, 0.6) is 5.75 Å². The van der Waals surface area contributed by atoms with Gasteiger partial charge in [0.05, 0.1) is 19.1 Å². The van der Waals surface area contributed by atoms with Gasteiger partial charge in [-0.1, -0.05) is 78.7 Å². The first-order valence-corrected chi connectivity index (χ1v) is 15.7. The van der Waals surface area contributed by atoms with Gasteiger partial charge in [0.15, 0.2) is 0 Å². The maximum Gasteiger partial charge on any atom is 0.244 e. The van der Waals surface area contributed by atoms with Crippen LogP contribution in [-0.4, -0.2) is 57.1 Å². The number of carbonyl (C=O) groups is 2. The first-order valence-electron chi connectivity index (χ1n) is 13.1. The minimum absolute atomic E-state index is 0.0518. The number of anilines is 1. The number of sulfonamides is 1. The van der Waals surface area contributed by atoms with Crippen molar-refractivity contribution in [1.29, 1.82) is 0 Å². The van der Waals surface area contributed by atoms with Gasteiger partial charge in [-0.3, -0.25) is 13.9 Å². The first kappa shape index (κ1) is 32.2. The molecule has 3 rings (SSSR count). The third-order valence-corrected chi connectivity index (χ3v) is 8.37. The summed E-state index contributed by atoms with van der Waals surface area (Å²) in [5, 5.41) is 3.73. The van der Waals surface area contributed by atoms with Crippen LogP contribution in [0.3, 0.4) is 0 Å². The first-order chi connectivity index (χ1) is 19.4. The van der Waals surface area contributed by atoms with Gasteiger partial charge >= 0.3 is 0 Å². The third-order valence-electron chi connectivity index (χ3n) is 6.66. The molecule has 220 valence electrons. The number of nitrogens with zero attached hydrogens (tertiary/aromatic N) is 2. The molecule has 0 saturated carbocycles. The van der Waals surface area contributed by atoms with E-state index in [-0.39, 0.29) is 36.4 Å². The van der Waals surface area contributed by atoms with Gasteiger partial charge in [-0.25, -0.2) is 8.42 Å². The van der Waals surface area contributed by atoms with Gasteiger partial charge in [-0.2, -0.15) is 0 Å². The number of carbonyl (C=O) groups excluding carboxylic acids is 2. The number of ether oxygens (including phenoxy) is 1. The van der Waals surface area contributed by atoms with Crippen LogP contribution in [0.1, 0.15) is 31.4 Å². The van der Waals surface area contributed by atoms with Gasteiger partial charge in [-0.15, -0.1) is 0 Å². The Morgan fingerprint density at radius 2 is 1.66 bits per heavy atom. The fourth-order valence-electron chi connectivity index (χ4n) is 4.26. The molecule has 0 aliphatic rings. The average molecular weight is 621 g/mol. The molecule has 1 N–H and O–H groups in total. The van der Waals surface area contributed by atoms with Crippen molar-refractivity contribution in [1.82, 2.24) is 10.2 Å². The molecule has 0 spiro atoms. The quantitative estimate of drug-likeness (QED) is 0.279. The van der Waals surface area contributed by atoms with Crippen LogP contribution < -0.4 is 14.4 Å². The Morgan fingerprint density at radius 1 is 1.00 bits per heavy atom. The monoisotopic (exact) mass is 619 g/mol. The highest BCUT2D eigenvalue weighted by Crippen LogP contribution is 2.30. The molecule has 0 aliphatic carbocycles. The second-order valence-electron chi connectivity index (χ2n) is 9.72. The zero-order chi connectivity index (χ0) is 30.2. The van der Waals surface area contributed by atoms with E-state index in [0.29, 0.717) is 22.0 Å². The van der Waals surface area contributed by atoms with Crippen molar-refractivity contribution < 1.29 is 22.7 Å². The molecule has 0 saturated heterocycles. The molecule has 3 aromatic carbocycles. The maximum atomic E-state index is 14.2. The number of amides is 2. The second kappa shape index (κ2) is 14.6. The summed E-state index contributed by atoms with van der Waals surface area (Å²) in [5.41, 5.74) is 1.60. The summed E-state index contributed by atoms with van der Waals surface area (Å²) in [6, 6.07) is 19.6. The number of hydrogen-bond donors (Lipinski definition) is 1. The van der Waals surface area contributed by atoms with E-state index >= 15 is 0 Å². The van der Waals surface area contributed by atoms with Crippen LogP contribution in [0.2, 0.25) is 10.0 Å². The number of nitrogens with one attached hydrogen (secondary N) is 1. The zero-order valence-electron chi connectivity index (χ0n) is 23.5. The van der Waals surface area contributed by atoms with E-state index in [0.717, 1.165) is 16.1 Å². The highest BCUT2D eigenvalue weighted by Gasteiger charge is 2.34. The Balaban J connectivity index is 2.11. The Kier molecular flexibility index (Phi) is 11.5. The Labute approximate surface area is 252 Å². The average Bonchev–Trinajstić information content (AvgIpc) is 2.94. The number of benzene rings is 3. The Bertz CT molecular complexity index is 1450. The molecule has 0 radical (unpaired) electrons. The van der Waals surface area contributed by atoms with Crippen molar-refractivity contribution in [2.75, 3.05) is 24.2 Å². The lowest BCUT2D eigenvalue weighted by Crippen LogP contribution is -2.54. The third kappa shape index (κ3) is 8.86. The second-order valence-corrected chi connectivity index (χ2v) is 12.5. The SMILES string of the molecule is CC[C@H](C)NC(=O)[C@@H](Cc1ccccc1)N(Cc1ccc(Cl)cc1Cl)C(=O)CN(c1ccccc1OC)S(C)(=O)=O. The highest BCUT2D eigenvalue weighted by molar-refractivity contribution is 7.92. The predicted molar refractivity (Wildman–Crippen MR) is 164 cm³/mol. The summed E-state index contributed by atoms with van der Waals surface area (Å²) in [4.78, 5) is 29.3. The fourth-order valence-corrected chi connectivity index (χ4v) is 5.58. The van der Waals surface area contributed by atoms with E-state index in [9.17, 15) is 18.0 Å². The normalized spacial score (nSPS) is 12.7. The highest BCUT2D eigenvalue weighted by atomic mass is 35.5. The van der Waals surface area contributed by atoms with Crippen molar-refractivity contribution in [3.8, 4) is 5.75 Å². The van der Waals surface area contributed by atoms with E-state index in [2.05, 4.69) is 5.32 Å². The lowest BCUT2D eigenvalue weighted by Gasteiger charge is -2.34. The lowest BCUT2D eigenvalue weighted by atomic mass is 10.0. The maximum absolute atomic E-state index is 14.2. The summed E-state index contributed by atoms with van der Waals surface area (Å²) >= 11 is 12.6. The summed E-state index contributed by atoms with van der Waals surface area (Å²) in [7, 11) is -2.51. The molecule has 11 heteroatoms. The predicted octanol–water partition coefficient (Wildman–Crippen LogP) is 5.32. The van der Waals surface area contributed by atoms with E-state index in [1.54, 1.807) is 42.5 Å². The van der Waals surface area contributed by atoms with E-state index < -0.39 is 28.5 Å². The number of rotatable bonds is 13. The van der Waals surface area contributed by atoms with Crippen LogP contribution in [-0.2, 0) is 32.6 Å². The summed E-state index contributed by atoms with van der Waals surface area (Å²) in [6.45, 7) is 3.22. The summed E-state index contributed by atoms with van der Waals surface area (Å²) in [5.74, 6) is -0.661. The van der Waals surface area contributed by atoms with Crippen molar-refractivity contribution >= 4 is 50.7 Å². The molecule has 2 atom stereocenters. The van der Waals surface area contributed by atoms with Crippen LogP contribution in [0.4, 0.5) is 5.69 Å². The van der Waals surface area contributed by atoms with Crippen molar-refractivity contribution in [2.24, 2.45) is 0 Å². The minimum atomic E-state index is -3.93. The van der Waals surface area contributed by atoms with Gasteiger partial charge in [-0.05, 0) is 48.7 Å². The number of halogens is 2. The van der Waals surface area contributed by atoms with Crippen LogP contribution >= 0.6 is 23.2 Å². The molecule has 3 aromatic rings. The standard InChI is InChI=1S/C30H35Cl2N3O5S/c1-5-21(2)33-30(37)27(17-22-11-7-6-8-12-22)34(19-23-15-16-24(31)18-25(23)32)29(36)20-35(41(4,38)39)26-13-9-10-14-28(26)40-3/h6-16,18,21,27H,5,17,19-20H2,1-4H3,(H,33,37)/t21-,27+/m0/s1. The van der Waals surface area contributed by atoms with Crippen molar-refractivity contribution in [3.05, 3.63) is 94.0 Å². The number of methoxy groups -OCH3 is 1. The molecule has 0 fully saturated rings. The minimum Gasteiger partial charge on any atom is -0.495 e. The lowest BCUT2D eigenvalue weighted by molar-refractivity contribution is -0.140. The molecule has 0 heterocycles. The van der Waals surface area contributed by atoms with Gasteiger partial charge < -0.3 is 15.0 Å². The summed E-state index contributed by atoms with van der Waals surface area (Å²) < 4.78 is 32.3. The summed E-state index contributed by atoms with van der Waals surface area (Å²) in [6.07, 6.45) is 1.91. The van der Waals surface area contributed by atoms with E-state index in [1.165, 1.54) is 12.0 Å². The fraction of sp³-hybridized carbons (Fsp3) is 0.333. The molecule has 0 aromatic heterocycles. The number of hydrogen-bond acceptors (Lipinski definition) is 5. The van der Waals surface area contributed by atoms with Crippen molar-refractivity contribution in [2.45, 2.75) is 45.3 Å². The van der Waals surface area contributed by atoms with Crippen LogP contribution in [0.15, 0.2) is 72.8 Å². The topological polar surface area (TPSA) is 96.0 Å². The zero-order valence-corrected chi connectivity index (χ0v) is 25.8. The van der Waals surface area contributed by atoms with Gasteiger partial charge in [0, 0.05) is 29.1 Å². The Hall–Kier alpha value is -3.27. The molecule has 8 nitrogen and oxygen atoms in total. The largest absolute Gasteiger partial charge is 0.495 e. The van der Waals surface area contributed by atoms with Crippen LogP contribution in [0, 0.1) is 0 Å². The Morgan fingerprint density at radius 3 is 2.27 bits per heavy atom. The molecular formula is C30H35Cl2N3O5S. The van der Waals surface area contributed by atoms with Gasteiger partial charge in [0.2, 0.25) is 21.8 Å². The van der Waals surface area contributed by atoms with E-state index in [4.69, 9.17) is 27.9 Å². The van der Waals surface area contributed by atoms with E-state index in [1.807, 2.05) is 44.2 Å². The van der Waals surface area contributed by atoms with Crippen molar-refractivity contribution in [3.63, 3.8) is 0 Å².